The Morgan fingerprint density at radius 1 is 1.06 bits per heavy atom. The fourth-order valence-corrected chi connectivity index (χ4v) is 4.74. The molecule has 0 spiro atoms. The van der Waals surface area contributed by atoms with Gasteiger partial charge in [0.1, 0.15) is 0 Å². The van der Waals surface area contributed by atoms with Crippen LogP contribution in [0, 0.1) is 5.92 Å². The summed E-state index contributed by atoms with van der Waals surface area (Å²) in [5.41, 5.74) is 2.70. The van der Waals surface area contributed by atoms with E-state index in [4.69, 9.17) is 4.74 Å². The minimum atomic E-state index is -0.0420. The number of hydrogen-bond donors (Lipinski definition) is 1. The van der Waals surface area contributed by atoms with E-state index in [-0.39, 0.29) is 11.8 Å². The third kappa shape index (κ3) is 7.04. The average Bonchev–Trinajstić information content (AvgIpc) is 2.78. The number of benzene rings is 1. The minimum absolute atomic E-state index is 0.0420. The number of fused-ring (bicyclic) bond motifs is 1. The van der Waals surface area contributed by atoms with E-state index >= 15 is 0 Å². The fourth-order valence-electron chi connectivity index (χ4n) is 4.74. The lowest BCUT2D eigenvalue weighted by Gasteiger charge is -2.36. The lowest BCUT2D eigenvalue weighted by molar-refractivity contribution is -0.116. The smallest absolute Gasteiger partial charge is 0.251 e. The molecule has 1 saturated heterocycles. The largest absolute Gasteiger partial charge is 0.381 e. The molecular formula is C26H41N3O3. The molecule has 1 aromatic carbocycles. The summed E-state index contributed by atoms with van der Waals surface area (Å²) in [4.78, 5) is 29.8. The van der Waals surface area contributed by atoms with E-state index in [1.165, 1.54) is 19.3 Å². The summed E-state index contributed by atoms with van der Waals surface area (Å²) < 4.78 is 5.61. The Labute approximate surface area is 193 Å². The molecule has 0 aliphatic carbocycles. The van der Waals surface area contributed by atoms with Crippen LogP contribution < -0.4 is 10.2 Å². The maximum Gasteiger partial charge on any atom is 0.251 e. The molecule has 2 amide bonds. The van der Waals surface area contributed by atoms with Crippen molar-refractivity contribution in [2.75, 3.05) is 37.7 Å². The molecule has 1 N–H and O–H groups in total. The van der Waals surface area contributed by atoms with Crippen LogP contribution in [0.3, 0.4) is 0 Å². The molecule has 1 fully saturated rings. The molecule has 1 aromatic rings. The van der Waals surface area contributed by atoms with Gasteiger partial charge in [-0.05, 0) is 61.9 Å². The van der Waals surface area contributed by atoms with Crippen LogP contribution in [-0.4, -0.2) is 55.6 Å². The van der Waals surface area contributed by atoms with Gasteiger partial charge in [-0.3, -0.25) is 14.5 Å². The molecular weight excluding hydrogens is 402 g/mol. The molecule has 0 atom stereocenters. The highest BCUT2D eigenvalue weighted by Gasteiger charge is 2.25. The predicted octanol–water partition coefficient (Wildman–Crippen LogP) is 4.37. The third-order valence-electron chi connectivity index (χ3n) is 6.59. The van der Waals surface area contributed by atoms with Crippen molar-refractivity contribution in [2.24, 2.45) is 5.92 Å². The topological polar surface area (TPSA) is 61.9 Å². The first-order chi connectivity index (χ1) is 15.5. The first kappa shape index (κ1) is 24.7. The van der Waals surface area contributed by atoms with Gasteiger partial charge in [0, 0.05) is 57.1 Å². The molecule has 2 aliphatic heterocycles. The van der Waals surface area contributed by atoms with Crippen LogP contribution in [0.25, 0.3) is 0 Å². The monoisotopic (exact) mass is 443 g/mol. The van der Waals surface area contributed by atoms with Crippen molar-refractivity contribution in [2.45, 2.75) is 78.3 Å². The predicted molar refractivity (Wildman–Crippen MR) is 129 cm³/mol. The summed E-state index contributed by atoms with van der Waals surface area (Å²) in [5, 5.41) is 3.03. The number of nitrogens with zero attached hydrogens (tertiary/aromatic N) is 2. The van der Waals surface area contributed by atoms with Gasteiger partial charge in [0.05, 0.1) is 0 Å². The lowest BCUT2D eigenvalue weighted by Crippen LogP contribution is -2.40. The maximum absolute atomic E-state index is 12.8. The van der Waals surface area contributed by atoms with E-state index in [9.17, 15) is 9.59 Å². The summed E-state index contributed by atoms with van der Waals surface area (Å²) in [6, 6.07) is 6.35. The second-order valence-corrected chi connectivity index (χ2v) is 9.70. The zero-order valence-electron chi connectivity index (χ0n) is 20.2. The zero-order valence-corrected chi connectivity index (χ0v) is 20.2. The normalized spacial score (nSPS) is 19.7. The average molecular weight is 444 g/mol. The molecule has 6 heteroatoms. The quantitative estimate of drug-likeness (QED) is 0.751. The van der Waals surface area contributed by atoms with Crippen molar-refractivity contribution in [1.29, 1.82) is 0 Å². The zero-order chi connectivity index (χ0) is 22.9. The molecule has 3 rings (SSSR count). The molecule has 0 unspecified atom stereocenters. The number of amides is 2. The van der Waals surface area contributed by atoms with Crippen molar-refractivity contribution in [3.8, 4) is 0 Å². The minimum Gasteiger partial charge on any atom is -0.381 e. The van der Waals surface area contributed by atoms with Crippen LogP contribution >= 0.6 is 0 Å². The molecule has 32 heavy (non-hydrogen) atoms. The van der Waals surface area contributed by atoms with Gasteiger partial charge in [0.15, 0.2) is 0 Å². The fraction of sp³-hybridized carbons (Fsp3) is 0.692. The molecule has 2 heterocycles. The standard InChI is InChI=1S/C26H41N3O3/c1-20(2)18-27-26(31)22-9-10-25-23(17-22)19-28(24-11-15-32-16-12-24)13-7-5-4-6-8-14-29(25)21(3)30/h9-10,17,20,24H,4-8,11-16,18-19H2,1-3H3,(H,27,31). The first-order valence-electron chi connectivity index (χ1n) is 12.5. The summed E-state index contributed by atoms with van der Waals surface area (Å²) in [7, 11) is 0. The number of anilines is 1. The van der Waals surface area contributed by atoms with Crippen molar-refractivity contribution >= 4 is 17.5 Å². The highest BCUT2D eigenvalue weighted by atomic mass is 16.5. The van der Waals surface area contributed by atoms with Crippen molar-refractivity contribution in [3.63, 3.8) is 0 Å². The number of hydrogen-bond acceptors (Lipinski definition) is 4. The summed E-state index contributed by atoms with van der Waals surface area (Å²) in [6.07, 6.45) is 7.88. The molecule has 0 aromatic heterocycles. The van der Waals surface area contributed by atoms with Gasteiger partial charge in [-0.25, -0.2) is 0 Å². The maximum atomic E-state index is 12.8. The number of ether oxygens (including phenoxy) is 1. The van der Waals surface area contributed by atoms with Crippen molar-refractivity contribution in [1.82, 2.24) is 10.2 Å². The van der Waals surface area contributed by atoms with Crippen LogP contribution in [0.15, 0.2) is 18.2 Å². The molecule has 2 aliphatic rings. The van der Waals surface area contributed by atoms with E-state index in [1.54, 1.807) is 6.92 Å². The van der Waals surface area contributed by atoms with Crippen LogP contribution in [0.1, 0.15) is 81.6 Å². The lowest BCUT2D eigenvalue weighted by atomic mass is 10.0. The second-order valence-electron chi connectivity index (χ2n) is 9.70. The second kappa shape index (κ2) is 12.4. The first-order valence-corrected chi connectivity index (χ1v) is 12.5. The summed E-state index contributed by atoms with van der Waals surface area (Å²) >= 11 is 0. The van der Waals surface area contributed by atoms with Gasteiger partial charge in [-0.15, -0.1) is 0 Å². The Hall–Kier alpha value is -1.92. The Morgan fingerprint density at radius 2 is 1.75 bits per heavy atom. The SMILES string of the molecule is CC(=O)N1CCCCCCCN(C2CCOCC2)Cc2cc(C(=O)NCC(C)C)ccc21. The van der Waals surface area contributed by atoms with Gasteiger partial charge >= 0.3 is 0 Å². The Kier molecular flexibility index (Phi) is 9.54. The molecule has 0 radical (unpaired) electrons. The van der Waals surface area contributed by atoms with Crippen molar-refractivity contribution < 1.29 is 14.3 Å². The molecule has 6 nitrogen and oxygen atoms in total. The summed E-state index contributed by atoms with van der Waals surface area (Å²) in [5.74, 6) is 0.429. The highest BCUT2D eigenvalue weighted by Crippen LogP contribution is 2.28. The van der Waals surface area contributed by atoms with Gasteiger partial charge in [-0.1, -0.05) is 33.1 Å². The number of carbonyl (C=O) groups excluding carboxylic acids is 2. The molecule has 0 bridgehead atoms. The van der Waals surface area contributed by atoms with E-state index < -0.39 is 0 Å². The van der Waals surface area contributed by atoms with Gasteiger partial charge in [0.2, 0.25) is 5.91 Å². The number of rotatable bonds is 4. The third-order valence-corrected chi connectivity index (χ3v) is 6.59. The molecule has 0 saturated carbocycles. The van der Waals surface area contributed by atoms with Gasteiger partial charge in [-0.2, -0.15) is 0 Å². The highest BCUT2D eigenvalue weighted by molar-refractivity contribution is 5.97. The van der Waals surface area contributed by atoms with E-state index in [1.807, 2.05) is 23.1 Å². The summed E-state index contributed by atoms with van der Waals surface area (Å²) in [6.45, 7) is 10.7. The van der Waals surface area contributed by atoms with Crippen LogP contribution in [-0.2, 0) is 16.1 Å². The van der Waals surface area contributed by atoms with Gasteiger partial charge in [0.25, 0.3) is 5.91 Å². The van der Waals surface area contributed by atoms with E-state index in [0.717, 1.165) is 69.8 Å². The Bertz CT molecular complexity index is 759. The molecule has 178 valence electrons. The van der Waals surface area contributed by atoms with Crippen LogP contribution in [0.4, 0.5) is 5.69 Å². The van der Waals surface area contributed by atoms with E-state index in [0.29, 0.717) is 24.1 Å². The number of carbonyl (C=O) groups is 2. The van der Waals surface area contributed by atoms with Crippen molar-refractivity contribution in [3.05, 3.63) is 29.3 Å². The van der Waals surface area contributed by atoms with Gasteiger partial charge < -0.3 is 15.0 Å². The Balaban J connectivity index is 1.94. The van der Waals surface area contributed by atoms with Crippen LogP contribution in [0.2, 0.25) is 0 Å². The van der Waals surface area contributed by atoms with E-state index in [2.05, 4.69) is 24.1 Å². The van der Waals surface area contributed by atoms with Crippen LogP contribution in [0.5, 0.6) is 0 Å². The Morgan fingerprint density at radius 3 is 2.44 bits per heavy atom. The number of nitrogens with one attached hydrogen (secondary N) is 1.